The van der Waals surface area contributed by atoms with Gasteiger partial charge in [0.2, 0.25) is 0 Å². The van der Waals surface area contributed by atoms with Gasteiger partial charge in [-0.15, -0.1) is 0 Å². The minimum Gasteiger partial charge on any atom is -0.481 e. The molecule has 0 radical (unpaired) electrons. The highest BCUT2D eigenvalue weighted by atomic mass is 16.5. The molecule has 1 N–H and O–H groups in total. The molecule has 1 rings (SSSR count). The predicted molar refractivity (Wildman–Crippen MR) is 71.1 cm³/mol. The predicted octanol–water partition coefficient (Wildman–Crippen LogP) is 1.26. The molecule has 19 heavy (non-hydrogen) atoms. The van der Waals surface area contributed by atoms with Crippen molar-refractivity contribution in [1.29, 1.82) is 0 Å². The van der Waals surface area contributed by atoms with Gasteiger partial charge >= 0.3 is 12.0 Å². The number of carboxylic acids is 1. The van der Waals surface area contributed by atoms with E-state index in [2.05, 4.69) is 0 Å². The summed E-state index contributed by atoms with van der Waals surface area (Å²) >= 11 is 0. The van der Waals surface area contributed by atoms with Gasteiger partial charge in [0.05, 0.1) is 6.61 Å². The van der Waals surface area contributed by atoms with E-state index in [0.717, 1.165) is 12.8 Å². The Morgan fingerprint density at radius 2 is 2.21 bits per heavy atom. The van der Waals surface area contributed by atoms with Gasteiger partial charge in [-0.3, -0.25) is 4.79 Å². The largest absolute Gasteiger partial charge is 0.481 e. The van der Waals surface area contributed by atoms with Crippen LogP contribution >= 0.6 is 0 Å². The maximum absolute atomic E-state index is 12.2. The summed E-state index contributed by atoms with van der Waals surface area (Å²) < 4.78 is 5.23. The molecule has 1 aliphatic heterocycles. The van der Waals surface area contributed by atoms with Crippen molar-refractivity contribution in [3.05, 3.63) is 0 Å². The summed E-state index contributed by atoms with van der Waals surface area (Å²) in [5, 5.41) is 8.81. The van der Waals surface area contributed by atoms with Crippen LogP contribution in [0.2, 0.25) is 0 Å². The Morgan fingerprint density at radius 1 is 1.47 bits per heavy atom. The lowest BCUT2D eigenvalue weighted by molar-refractivity contribution is -0.138. The highest BCUT2D eigenvalue weighted by Gasteiger charge is 2.26. The van der Waals surface area contributed by atoms with E-state index >= 15 is 0 Å². The molecule has 0 aromatic rings. The Labute approximate surface area is 114 Å². The number of hydrogen-bond donors (Lipinski definition) is 1. The summed E-state index contributed by atoms with van der Waals surface area (Å²) in [6.07, 6.45) is 1.91. The molecular weight excluding hydrogens is 248 g/mol. The smallest absolute Gasteiger partial charge is 0.319 e. The Balaban J connectivity index is 2.40. The van der Waals surface area contributed by atoms with E-state index in [1.165, 1.54) is 0 Å². The SMILES string of the molecule is CCOCCN(C)C(=O)N1CCCC(CC(=O)O)C1. The minimum absolute atomic E-state index is 0.0326. The fourth-order valence-electron chi connectivity index (χ4n) is 2.34. The summed E-state index contributed by atoms with van der Waals surface area (Å²) in [5.74, 6) is -0.709. The Kier molecular flexibility index (Phi) is 6.62. The summed E-state index contributed by atoms with van der Waals surface area (Å²) in [5.41, 5.74) is 0. The van der Waals surface area contributed by atoms with Gasteiger partial charge in [0.25, 0.3) is 0 Å². The fourth-order valence-corrected chi connectivity index (χ4v) is 2.34. The highest BCUT2D eigenvalue weighted by Crippen LogP contribution is 2.20. The molecule has 0 saturated carbocycles. The highest BCUT2D eigenvalue weighted by molar-refractivity contribution is 5.74. The van der Waals surface area contributed by atoms with Crippen LogP contribution in [0.25, 0.3) is 0 Å². The van der Waals surface area contributed by atoms with Crippen LogP contribution in [-0.2, 0) is 9.53 Å². The number of piperidine rings is 1. The third-order valence-electron chi connectivity index (χ3n) is 3.35. The van der Waals surface area contributed by atoms with Gasteiger partial charge in [0, 0.05) is 39.7 Å². The van der Waals surface area contributed by atoms with Crippen molar-refractivity contribution >= 4 is 12.0 Å². The summed E-state index contributed by atoms with van der Waals surface area (Å²) in [4.78, 5) is 26.3. The number of carboxylic acid groups (broad SMARTS) is 1. The molecule has 1 fully saturated rings. The van der Waals surface area contributed by atoms with E-state index in [1.807, 2.05) is 6.92 Å². The lowest BCUT2D eigenvalue weighted by Crippen LogP contribution is -2.47. The number of hydrogen-bond acceptors (Lipinski definition) is 3. The zero-order valence-corrected chi connectivity index (χ0v) is 11.8. The lowest BCUT2D eigenvalue weighted by Gasteiger charge is -2.34. The number of carbonyl (C=O) groups is 2. The van der Waals surface area contributed by atoms with Crippen LogP contribution < -0.4 is 0 Å². The standard InChI is InChI=1S/C13H24N2O4/c1-3-19-8-7-14(2)13(18)15-6-4-5-11(10-15)9-12(16)17/h11H,3-10H2,1-2H3,(H,16,17). The molecule has 1 saturated heterocycles. The first-order valence-electron chi connectivity index (χ1n) is 6.84. The molecule has 1 heterocycles. The third kappa shape index (κ3) is 5.46. The molecule has 0 aliphatic carbocycles. The van der Waals surface area contributed by atoms with Gasteiger partial charge in [-0.1, -0.05) is 0 Å². The number of ether oxygens (including phenoxy) is 1. The van der Waals surface area contributed by atoms with Gasteiger partial charge < -0.3 is 19.6 Å². The maximum Gasteiger partial charge on any atom is 0.319 e. The van der Waals surface area contributed by atoms with E-state index in [4.69, 9.17) is 9.84 Å². The summed E-state index contributed by atoms with van der Waals surface area (Å²) in [6.45, 7) is 4.92. The topological polar surface area (TPSA) is 70.1 Å². The van der Waals surface area contributed by atoms with E-state index in [0.29, 0.717) is 32.8 Å². The lowest BCUT2D eigenvalue weighted by atomic mass is 9.95. The van der Waals surface area contributed by atoms with Gasteiger partial charge in [0.1, 0.15) is 0 Å². The second-order valence-electron chi connectivity index (χ2n) is 4.95. The number of rotatable bonds is 6. The van der Waals surface area contributed by atoms with Crippen molar-refractivity contribution in [2.45, 2.75) is 26.2 Å². The van der Waals surface area contributed by atoms with Crippen molar-refractivity contribution in [3.8, 4) is 0 Å². The second kappa shape index (κ2) is 7.99. The first kappa shape index (κ1) is 15.8. The molecule has 110 valence electrons. The molecule has 6 nitrogen and oxygen atoms in total. The van der Waals surface area contributed by atoms with Crippen LogP contribution in [0.1, 0.15) is 26.2 Å². The Bertz CT molecular complexity index is 309. The molecular formula is C13H24N2O4. The Hall–Kier alpha value is -1.30. The zero-order valence-electron chi connectivity index (χ0n) is 11.8. The molecule has 0 aromatic heterocycles. The maximum atomic E-state index is 12.2. The zero-order chi connectivity index (χ0) is 14.3. The second-order valence-corrected chi connectivity index (χ2v) is 4.95. The number of nitrogens with zero attached hydrogens (tertiary/aromatic N) is 2. The average Bonchev–Trinajstić information content (AvgIpc) is 2.37. The molecule has 1 atom stereocenters. The van der Waals surface area contributed by atoms with Gasteiger partial charge in [-0.05, 0) is 25.7 Å². The molecule has 2 amide bonds. The van der Waals surface area contributed by atoms with Crippen molar-refractivity contribution in [3.63, 3.8) is 0 Å². The van der Waals surface area contributed by atoms with Crippen LogP contribution in [0, 0.1) is 5.92 Å². The normalized spacial score (nSPS) is 19.3. The number of aliphatic carboxylic acids is 1. The third-order valence-corrected chi connectivity index (χ3v) is 3.35. The number of likely N-dealkylation sites (N-methyl/N-ethyl adjacent to an activating group) is 1. The van der Waals surface area contributed by atoms with Crippen LogP contribution in [0.4, 0.5) is 4.79 Å². The van der Waals surface area contributed by atoms with E-state index in [9.17, 15) is 9.59 Å². The van der Waals surface area contributed by atoms with Crippen molar-refractivity contribution in [1.82, 2.24) is 9.80 Å². The monoisotopic (exact) mass is 272 g/mol. The summed E-state index contributed by atoms with van der Waals surface area (Å²) in [7, 11) is 1.75. The fraction of sp³-hybridized carbons (Fsp3) is 0.846. The van der Waals surface area contributed by atoms with Crippen LogP contribution in [-0.4, -0.2) is 66.8 Å². The van der Waals surface area contributed by atoms with Gasteiger partial charge in [-0.2, -0.15) is 0 Å². The Morgan fingerprint density at radius 3 is 2.84 bits per heavy atom. The van der Waals surface area contributed by atoms with E-state index in [1.54, 1.807) is 16.8 Å². The molecule has 0 aromatic carbocycles. The first-order valence-corrected chi connectivity index (χ1v) is 6.84. The molecule has 6 heteroatoms. The van der Waals surface area contributed by atoms with E-state index < -0.39 is 5.97 Å². The van der Waals surface area contributed by atoms with Crippen LogP contribution in [0.15, 0.2) is 0 Å². The number of urea groups is 1. The molecule has 0 spiro atoms. The minimum atomic E-state index is -0.788. The van der Waals surface area contributed by atoms with Crippen LogP contribution in [0.5, 0.6) is 0 Å². The van der Waals surface area contributed by atoms with Gasteiger partial charge in [0.15, 0.2) is 0 Å². The molecule has 0 bridgehead atoms. The van der Waals surface area contributed by atoms with Gasteiger partial charge in [-0.25, -0.2) is 4.79 Å². The summed E-state index contributed by atoms with van der Waals surface area (Å²) in [6, 6.07) is -0.0326. The number of likely N-dealkylation sites (tertiary alicyclic amines) is 1. The number of carbonyl (C=O) groups excluding carboxylic acids is 1. The van der Waals surface area contributed by atoms with E-state index in [-0.39, 0.29) is 18.4 Å². The van der Waals surface area contributed by atoms with Crippen molar-refractivity contribution in [2.24, 2.45) is 5.92 Å². The first-order chi connectivity index (χ1) is 9.04. The average molecular weight is 272 g/mol. The van der Waals surface area contributed by atoms with Crippen molar-refractivity contribution < 1.29 is 19.4 Å². The van der Waals surface area contributed by atoms with Crippen LogP contribution in [0.3, 0.4) is 0 Å². The molecule has 1 unspecified atom stereocenters. The van der Waals surface area contributed by atoms with Crippen molar-refractivity contribution in [2.75, 3.05) is 39.9 Å². The molecule has 1 aliphatic rings. The number of amides is 2. The quantitative estimate of drug-likeness (QED) is 0.739.